The molecule has 2 rings (SSSR count). The lowest BCUT2D eigenvalue weighted by Gasteiger charge is -2.27. The van der Waals surface area contributed by atoms with Crippen molar-refractivity contribution in [1.29, 1.82) is 0 Å². The summed E-state index contributed by atoms with van der Waals surface area (Å²) < 4.78 is 0. The molecule has 1 heterocycles. The maximum absolute atomic E-state index is 12.3. The Morgan fingerprint density at radius 3 is 2.95 bits per heavy atom. The third-order valence-electron chi connectivity index (χ3n) is 4.08. The van der Waals surface area contributed by atoms with E-state index in [0.717, 1.165) is 36.9 Å². The van der Waals surface area contributed by atoms with Gasteiger partial charge in [-0.05, 0) is 30.5 Å². The Labute approximate surface area is 131 Å². The van der Waals surface area contributed by atoms with Crippen LogP contribution >= 0.6 is 0 Å². The molecule has 1 saturated heterocycles. The van der Waals surface area contributed by atoms with E-state index in [1.807, 2.05) is 31.2 Å². The van der Waals surface area contributed by atoms with Crippen LogP contribution in [0.2, 0.25) is 0 Å². The van der Waals surface area contributed by atoms with Gasteiger partial charge in [0.15, 0.2) is 0 Å². The van der Waals surface area contributed by atoms with Crippen LogP contribution in [-0.4, -0.2) is 29.8 Å². The third kappa shape index (κ3) is 4.56. The van der Waals surface area contributed by atoms with Gasteiger partial charge < -0.3 is 16.0 Å². The fourth-order valence-electron chi connectivity index (χ4n) is 2.78. The van der Waals surface area contributed by atoms with Crippen molar-refractivity contribution in [2.45, 2.75) is 39.2 Å². The lowest BCUT2D eigenvalue weighted by Crippen LogP contribution is -2.42. The van der Waals surface area contributed by atoms with Gasteiger partial charge in [-0.2, -0.15) is 0 Å². The largest absolute Gasteiger partial charge is 0.333 e. The van der Waals surface area contributed by atoms with Crippen molar-refractivity contribution in [3.63, 3.8) is 0 Å². The Hall–Kier alpha value is -1.88. The van der Waals surface area contributed by atoms with Gasteiger partial charge >= 0.3 is 0 Å². The summed E-state index contributed by atoms with van der Waals surface area (Å²) in [7, 11) is 0. The van der Waals surface area contributed by atoms with Gasteiger partial charge in [0.2, 0.25) is 11.8 Å². The van der Waals surface area contributed by atoms with E-state index in [0.29, 0.717) is 13.1 Å². The first-order valence-corrected chi connectivity index (χ1v) is 7.98. The van der Waals surface area contributed by atoms with Crippen LogP contribution in [0.4, 0.5) is 5.69 Å². The quantitative estimate of drug-likeness (QED) is 0.894. The highest BCUT2D eigenvalue weighted by Gasteiger charge is 2.23. The summed E-state index contributed by atoms with van der Waals surface area (Å²) in [4.78, 5) is 26.2. The topological polar surface area (TPSA) is 75.4 Å². The number of anilines is 1. The fourth-order valence-corrected chi connectivity index (χ4v) is 2.78. The van der Waals surface area contributed by atoms with E-state index in [-0.39, 0.29) is 24.3 Å². The minimum atomic E-state index is -0.157. The summed E-state index contributed by atoms with van der Waals surface area (Å²) >= 11 is 0. The summed E-state index contributed by atoms with van der Waals surface area (Å²) in [6, 6.07) is 7.46. The van der Waals surface area contributed by atoms with Gasteiger partial charge in [0.05, 0.1) is 6.54 Å². The van der Waals surface area contributed by atoms with E-state index in [4.69, 9.17) is 5.73 Å². The lowest BCUT2D eigenvalue weighted by molar-refractivity contribution is -0.138. The number of amides is 2. The van der Waals surface area contributed by atoms with Gasteiger partial charge in [0.1, 0.15) is 0 Å². The van der Waals surface area contributed by atoms with E-state index >= 15 is 0 Å². The Bertz CT molecular complexity index is 530. The maximum Gasteiger partial charge on any atom is 0.243 e. The van der Waals surface area contributed by atoms with Crippen LogP contribution in [-0.2, 0) is 16.1 Å². The standard InChI is InChI=1S/C17H25N3O2/c1-13-6-3-2-4-9-20(17(13)22)12-16(21)19-15-8-5-7-14(10-15)11-18/h5,7-8,10,13H,2-4,6,9,11-12,18H2,1H3,(H,19,21). The third-order valence-corrected chi connectivity index (χ3v) is 4.08. The Balaban J connectivity index is 1.95. The van der Waals surface area contributed by atoms with E-state index in [9.17, 15) is 9.59 Å². The van der Waals surface area contributed by atoms with Gasteiger partial charge in [0, 0.05) is 24.7 Å². The molecule has 0 aromatic heterocycles. The second kappa shape index (κ2) is 7.94. The summed E-state index contributed by atoms with van der Waals surface area (Å²) in [5.74, 6) is -0.0606. The smallest absolute Gasteiger partial charge is 0.243 e. The lowest BCUT2D eigenvalue weighted by atomic mass is 9.99. The number of nitrogens with zero attached hydrogens (tertiary/aromatic N) is 1. The first-order chi connectivity index (χ1) is 10.6. The molecule has 120 valence electrons. The molecule has 1 atom stereocenters. The zero-order valence-corrected chi connectivity index (χ0v) is 13.2. The summed E-state index contributed by atoms with van der Waals surface area (Å²) in [6.45, 7) is 3.17. The van der Waals surface area contributed by atoms with Crippen molar-refractivity contribution >= 4 is 17.5 Å². The molecule has 1 fully saturated rings. The number of nitrogens with one attached hydrogen (secondary N) is 1. The maximum atomic E-state index is 12.3. The molecule has 5 nitrogen and oxygen atoms in total. The Morgan fingerprint density at radius 2 is 2.18 bits per heavy atom. The van der Waals surface area contributed by atoms with Crippen LogP contribution in [0.15, 0.2) is 24.3 Å². The van der Waals surface area contributed by atoms with Crippen LogP contribution in [0.1, 0.15) is 38.2 Å². The molecule has 3 N–H and O–H groups in total. The van der Waals surface area contributed by atoms with Crippen LogP contribution in [0.3, 0.4) is 0 Å². The molecule has 1 aromatic rings. The van der Waals surface area contributed by atoms with Crippen molar-refractivity contribution in [2.75, 3.05) is 18.4 Å². The van der Waals surface area contributed by atoms with Crippen molar-refractivity contribution in [3.05, 3.63) is 29.8 Å². The zero-order chi connectivity index (χ0) is 15.9. The zero-order valence-electron chi connectivity index (χ0n) is 13.2. The van der Waals surface area contributed by atoms with E-state index in [2.05, 4.69) is 5.32 Å². The number of carbonyl (C=O) groups excluding carboxylic acids is 2. The average Bonchev–Trinajstić information content (AvgIpc) is 2.51. The second-order valence-electron chi connectivity index (χ2n) is 5.96. The molecule has 2 amide bonds. The van der Waals surface area contributed by atoms with Gasteiger partial charge in [-0.25, -0.2) is 0 Å². The number of benzene rings is 1. The molecular weight excluding hydrogens is 278 g/mol. The monoisotopic (exact) mass is 303 g/mol. The molecule has 5 heteroatoms. The summed E-state index contributed by atoms with van der Waals surface area (Å²) in [5, 5.41) is 2.85. The van der Waals surface area contributed by atoms with Crippen LogP contribution < -0.4 is 11.1 Å². The second-order valence-corrected chi connectivity index (χ2v) is 5.96. The number of likely N-dealkylation sites (tertiary alicyclic amines) is 1. The number of hydrogen-bond acceptors (Lipinski definition) is 3. The number of hydrogen-bond donors (Lipinski definition) is 2. The highest BCUT2D eigenvalue weighted by molar-refractivity contribution is 5.94. The average molecular weight is 303 g/mol. The first-order valence-electron chi connectivity index (χ1n) is 7.98. The SMILES string of the molecule is CC1CCCCCN(CC(=O)Nc2cccc(CN)c2)C1=O. The molecule has 1 aromatic carbocycles. The van der Waals surface area contributed by atoms with Gasteiger partial charge in [0.25, 0.3) is 0 Å². The summed E-state index contributed by atoms with van der Waals surface area (Å²) in [6.07, 6.45) is 4.09. The molecule has 22 heavy (non-hydrogen) atoms. The minimum absolute atomic E-state index is 0.00803. The van der Waals surface area contributed by atoms with Gasteiger partial charge in [-0.15, -0.1) is 0 Å². The van der Waals surface area contributed by atoms with Crippen molar-refractivity contribution < 1.29 is 9.59 Å². The molecular formula is C17H25N3O2. The number of carbonyl (C=O) groups is 2. The molecule has 0 aliphatic carbocycles. The fraction of sp³-hybridized carbons (Fsp3) is 0.529. The van der Waals surface area contributed by atoms with Crippen molar-refractivity contribution in [3.8, 4) is 0 Å². The molecule has 0 radical (unpaired) electrons. The van der Waals surface area contributed by atoms with E-state index in [1.54, 1.807) is 4.90 Å². The molecule has 1 aliphatic rings. The van der Waals surface area contributed by atoms with E-state index in [1.165, 1.54) is 0 Å². The van der Waals surface area contributed by atoms with Gasteiger partial charge in [-0.1, -0.05) is 31.9 Å². The Kier molecular flexibility index (Phi) is 5.95. The predicted octanol–water partition coefficient (Wildman–Crippen LogP) is 2.12. The van der Waals surface area contributed by atoms with E-state index < -0.39 is 0 Å². The van der Waals surface area contributed by atoms with Crippen molar-refractivity contribution in [2.24, 2.45) is 11.7 Å². The van der Waals surface area contributed by atoms with Crippen LogP contribution in [0.25, 0.3) is 0 Å². The predicted molar refractivity (Wildman–Crippen MR) is 87.2 cm³/mol. The highest BCUT2D eigenvalue weighted by Crippen LogP contribution is 2.17. The first kappa shape index (κ1) is 16.5. The van der Waals surface area contributed by atoms with Crippen LogP contribution in [0.5, 0.6) is 0 Å². The molecule has 0 spiro atoms. The van der Waals surface area contributed by atoms with Crippen LogP contribution in [0, 0.1) is 5.92 Å². The molecule has 0 saturated carbocycles. The minimum Gasteiger partial charge on any atom is -0.333 e. The summed E-state index contributed by atoms with van der Waals surface area (Å²) in [5.41, 5.74) is 7.29. The normalized spacial score (nSPS) is 19.5. The number of rotatable bonds is 4. The number of nitrogens with two attached hydrogens (primary N) is 1. The molecule has 1 aliphatic heterocycles. The molecule has 0 bridgehead atoms. The van der Waals surface area contributed by atoms with Gasteiger partial charge in [-0.3, -0.25) is 9.59 Å². The highest BCUT2D eigenvalue weighted by atomic mass is 16.2. The molecule has 1 unspecified atom stereocenters. The van der Waals surface area contributed by atoms with Crippen molar-refractivity contribution in [1.82, 2.24) is 4.90 Å². The Morgan fingerprint density at radius 1 is 1.36 bits per heavy atom.